The molecule has 0 aliphatic rings. The third-order valence-corrected chi connectivity index (χ3v) is 4.84. The summed E-state index contributed by atoms with van der Waals surface area (Å²) in [5, 5.41) is 4.03. The molecule has 4 rings (SSSR count). The quantitative estimate of drug-likeness (QED) is 0.422. The number of amides is 1. The molecule has 0 saturated heterocycles. The molecule has 1 aromatic heterocycles. The highest BCUT2D eigenvalue weighted by Gasteiger charge is 2.12. The minimum absolute atomic E-state index is 0.158. The number of carbonyl (C=O) groups excluding carboxylic acids is 1. The summed E-state index contributed by atoms with van der Waals surface area (Å²) in [4.78, 5) is 25.0. The van der Waals surface area contributed by atoms with Gasteiger partial charge in [-0.1, -0.05) is 33.6 Å². The molecule has 128 valence electrons. The second-order valence-corrected chi connectivity index (χ2v) is 7.04. The van der Waals surface area contributed by atoms with Crippen molar-refractivity contribution in [2.24, 2.45) is 0 Å². The number of hydrogen-bond acceptors (Lipinski definition) is 3. The molecule has 0 spiro atoms. The van der Waals surface area contributed by atoms with Crippen molar-refractivity contribution in [1.29, 1.82) is 0 Å². The van der Waals surface area contributed by atoms with Crippen LogP contribution in [0.15, 0.2) is 74.3 Å². The van der Waals surface area contributed by atoms with E-state index in [1.807, 2.05) is 0 Å². The third kappa shape index (κ3) is 3.00. The van der Waals surface area contributed by atoms with E-state index in [0.29, 0.717) is 38.2 Å². The zero-order valence-electron chi connectivity index (χ0n) is 13.3. The molecule has 1 N–H and O–H groups in total. The van der Waals surface area contributed by atoms with Crippen LogP contribution >= 0.6 is 27.5 Å². The summed E-state index contributed by atoms with van der Waals surface area (Å²) >= 11 is 9.48. The summed E-state index contributed by atoms with van der Waals surface area (Å²) in [7, 11) is 0. The molecule has 0 radical (unpaired) electrons. The first kappa shape index (κ1) is 16.8. The molecule has 0 aliphatic carbocycles. The van der Waals surface area contributed by atoms with Gasteiger partial charge in [0.2, 0.25) is 5.43 Å². The second-order valence-electron chi connectivity index (χ2n) is 5.72. The van der Waals surface area contributed by atoms with Crippen LogP contribution in [0, 0.1) is 0 Å². The number of benzene rings is 3. The fourth-order valence-corrected chi connectivity index (χ4v) is 3.20. The Bertz CT molecular complexity index is 1220. The fraction of sp³-hybridized carbons (Fsp3) is 0. The maximum Gasteiger partial charge on any atom is 0.255 e. The Hall–Kier alpha value is -2.63. The topological polar surface area (TPSA) is 59.3 Å². The van der Waals surface area contributed by atoms with E-state index in [2.05, 4.69) is 21.2 Å². The molecule has 3 aromatic carbocycles. The first-order chi connectivity index (χ1) is 12.5. The van der Waals surface area contributed by atoms with E-state index >= 15 is 0 Å². The van der Waals surface area contributed by atoms with Gasteiger partial charge in [0, 0.05) is 21.8 Å². The first-order valence-electron chi connectivity index (χ1n) is 7.75. The van der Waals surface area contributed by atoms with Crippen molar-refractivity contribution in [3.8, 4) is 0 Å². The Morgan fingerprint density at radius 2 is 1.77 bits per heavy atom. The normalized spacial score (nSPS) is 11.0. The number of hydrogen-bond donors (Lipinski definition) is 1. The molecule has 26 heavy (non-hydrogen) atoms. The first-order valence-corrected chi connectivity index (χ1v) is 8.92. The molecule has 4 aromatic rings. The Kier molecular flexibility index (Phi) is 4.26. The van der Waals surface area contributed by atoms with Crippen molar-refractivity contribution < 1.29 is 9.21 Å². The lowest BCUT2D eigenvalue weighted by molar-refractivity contribution is 0.102. The molecule has 4 nitrogen and oxygen atoms in total. The molecule has 0 atom stereocenters. The monoisotopic (exact) mass is 427 g/mol. The summed E-state index contributed by atoms with van der Waals surface area (Å²) in [6.07, 6.45) is 0. The lowest BCUT2D eigenvalue weighted by Crippen LogP contribution is -2.12. The summed E-state index contributed by atoms with van der Waals surface area (Å²) in [5.41, 5.74) is 1.60. The fourth-order valence-electron chi connectivity index (χ4n) is 2.72. The van der Waals surface area contributed by atoms with Crippen molar-refractivity contribution in [1.82, 2.24) is 0 Å². The average molecular weight is 429 g/mol. The molecule has 0 unspecified atom stereocenters. The summed E-state index contributed by atoms with van der Waals surface area (Å²) in [6.45, 7) is 0. The number of halogens is 2. The Morgan fingerprint density at radius 1 is 1.00 bits per heavy atom. The van der Waals surface area contributed by atoms with Crippen molar-refractivity contribution in [3.63, 3.8) is 0 Å². The van der Waals surface area contributed by atoms with Crippen LogP contribution in [-0.2, 0) is 0 Å². The average Bonchev–Trinajstić information content (AvgIpc) is 2.63. The molecule has 0 aliphatic heterocycles. The van der Waals surface area contributed by atoms with Crippen LogP contribution in [0.5, 0.6) is 0 Å². The van der Waals surface area contributed by atoms with E-state index in [9.17, 15) is 9.59 Å². The van der Waals surface area contributed by atoms with Crippen molar-refractivity contribution in [3.05, 3.63) is 85.9 Å². The predicted octanol–water partition coefficient (Wildman–Crippen LogP) is 5.61. The molecule has 1 amide bonds. The summed E-state index contributed by atoms with van der Waals surface area (Å²) < 4.78 is 6.71. The van der Waals surface area contributed by atoms with E-state index in [1.165, 1.54) is 0 Å². The van der Waals surface area contributed by atoms with Gasteiger partial charge in [0.25, 0.3) is 5.91 Å². The maximum absolute atomic E-state index is 12.6. The molecule has 0 saturated carbocycles. The van der Waals surface area contributed by atoms with Crippen LogP contribution in [0.4, 0.5) is 5.69 Å². The van der Waals surface area contributed by atoms with E-state index in [1.54, 1.807) is 60.7 Å². The molecule has 0 fully saturated rings. The predicted molar refractivity (Wildman–Crippen MR) is 107 cm³/mol. The van der Waals surface area contributed by atoms with Gasteiger partial charge in [-0.15, -0.1) is 0 Å². The zero-order valence-corrected chi connectivity index (χ0v) is 15.6. The Balaban J connectivity index is 1.76. The van der Waals surface area contributed by atoms with Gasteiger partial charge in [-0.05, 0) is 48.5 Å². The minimum Gasteiger partial charge on any atom is -0.454 e. The SMILES string of the molecule is O=C(Nc1ccc2c(=O)c3cccc(Cl)c3oc2c1)c1ccc(Br)cc1. The lowest BCUT2D eigenvalue weighted by Gasteiger charge is -2.07. The number of nitrogens with one attached hydrogen (secondary N) is 1. The number of para-hydroxylation sites is 1. The Morgan fingerprint density at radius 3 is 2.54 bits per heavy atom. The highest BCUT2D eigenvalue weighted by atomic mass is 79.9. The van der Waals surface area contributed by atoms with Crippen molar-refractivity contribution >= 4 is 61.1 Å². The number of rotatable bonds is 2. The van der Waals surface area contributed by atoms with Crippen LogP contribution in [0.25, 0.3) is 21.9 Å². The molecule has 6 heteroatoms. The highest BCUT2D eigenvalue weighted by Crippen LogP contribution is 2.26. The summed E-state index contributed by atoms with van der Waals surface area (Å²) in [5.74, 6) is -0.252. The van der Waals surface area contributed by atoms with Gasteiger partial charge >= 0.3 is 0 Å². The van der Waals surface area contributed by atoms with E-state index in [4.69, 9.17) is 16.0 Å². The van der Waals surface area contributed by atoms with Gasteiger partial charge in [-0.2, -0.15) is 0 Å². The Labute approximate surface area is 161 Å². The maximum atomic E-state index is 12.6. The zero-order chi connectivity index (χ0) is 18.3. The van der Waals surface area contributed by atoms with E-state index in [0.717, 1.165) is 4.47 Å². The minimum atomic E-state index is -0.252. The van der Waals surface area contributed by atoms with E-state index in [-0.39, 0.29) is 11.3 Å². The van der Waals surface area contributed by atoms with Gasteiger partial charge < -0.3 is 9.73 Å². The van der Waals surface area contributed by atoms with Crippen LogP contribution < -0.4 is 10.7 Å². The van der Waals surface area contributed by atoms with Crippen LogP contribution in [-0.4, -0.2) is 5.91 Å². The molecular weight excluding hydrogens is 418 g/mol. The van der Waals surface area contributed by atoms with Crippen molar-refractivity contribution in [2.75, 3.05) is 5.32 Å². The van der Waals surface area contributed by atoms with Gasteiger partial charge in [0.15, 0.2) is 5.58 Å². The van der Waals surface area contributed by atoms with Gasteiger partial charge in [-0.25, -0.2) is 0 Å². The lowest BCUT2D eigenvalue weighted by atomic mass is 10.1. The van der Waals surface area contributed by atoms with Gasteiger partial charge in [-0.3, -0.25) is 9.59 Å². The number of fused-ring (bicyclic) bond motifs is 2. The van der Waals surface area contributed by atoms with Crippen LogP contribution in [0.3, 0.4) is 0 Å². The molecule has 1 heterocycles. The number of carbonyl (C=O) groups is 1. The second kappa shape index (κ2) is 6.59. The largest absolute Gasteiger partial charge is 0.454 e. The standard InChI is InChI=1S/C20H11BrClNO3/c21-12-6-4-11(5-7-12)20(25)23-13-8-9-14-17(10-13)26-19-15(18(14)24)2-1-3-16(19)22/h1-10H,(H,23,25). The van der Waals surface area contributed by atoms with Gasteiger partial charge in [0.05, 0.1) is 15.8 Å². The van der Waals surface area contributed by atoms with Crippen LogP contribution in [0.1, 0.15) is 10.4 Å². The third-order valence-electron chi connectivity index (χ3n) is 4.01. The van der Waals surface area contributed by atoms with E-state index < -0.39 is 0 Å². The smallest absolute Gasteiger partial charge is 0.255 e. The molecular formula is C20H11BrClNO3. The molecule has 0 bridgehead atoms. The van der Waals surface area contributed by atoms with Crippen molar-refractivity contribution in [2.45, 2.75) is 0 Å². The summed E-state index contributed by atoms with van der Waals surface area (Å²) in [6, 6.07) is 17.0. The van der Waals surface area contributed by atoms with Gasteiger partial charge in [0.1, 0.15) is 5.58 Å². The van der Waals surface area contributed by atoms with Crippen LogP contribution in [0.2, 0.25) is 5.02 Å². The highest BCUT2D eigenvalue weighted by molar-refractivity contribution is 9.10. The number of anilines is 1.